The standard InChI is InChI=1S/C17H24N2O2/c1-17(16(20)21-2,18-15-7-8-15)9-10-19-11-13-5-3-4-6-14(13)12-19/h3-6,15,18H,7-12H2,1-2H3. The first-order valence-corrected chi connectivity index (χ1v) is 7.76. The molecule has 1 saturated carbocycles. The van der Waals surface area contributed by atoms with Gasteiger partial charge in [0.2, 0.25) is 0 Å². The van der Waals surface area contributed by atoms with Crippen LogP contribution in [0.4, 0.5) is 0 Å². The summed E-state index contributed by atoms with van der Waals surface area (Å²) in [6.07, 6.45) is 3.12. The molecule has 1 heterocycles. The summed E-state index contributed by atoms with van der Waals surface area (Å²) in [5.74, 6) is -0.147. The van der Waals surface area contributed by atoms with Crippen molar-refractivity contribution in [3.8, 4) is 0 Å². The molecule has 1 atom stereocenters. The van der Waals surface area contributed by atoms with Crippen molar-refractivity contribution in [3.05, 3.63) is 35.4 Å². The molecule has 1 unspecified atom stereocenters. The molecule has 21 heavy (non-hydrogen) atoms. The van der Waals surface area contributed by atoms with Gasteiger partial charge in [0.15, 0.2) is 0 Å². The molecular formula is C17H24N2O2. The van der Waals surface area contributed by atoms with Crippen molar-refractivity contribution in [2.24, 2.45) is 0 Å². The maximum atomic E-state index is 12.1. The molecule has 1 fully saturated rings. The second-order valence-electron chi connectivity index (χ2n) is 6.47. The lowest BCUT2D eigenvalue weighted by Crippen LogP contribution is -2.52. The number of nitrogens with one attached hydrogen (secondary N) is 1. The number of carbonyl (C=O) groups is 1. The molecule has 1 aromatic carbocycles. The second kappa shape index (κ2) is 5.78. The molecule has 1 aromatic rings. The molecule has 0 saturated heterocycles. The van der Waals surface area contributed by atoms with Crippen LogP contribution in [0.15, 0.2) is 24.3 Å². The highest BCUT2D eigenvalue weighted by Gasteiger charge is 2.39. The van der Waals surface area contributed by atoms with Crippen LogP contribution < -0.4 is 5.32 Å². The summed E-state index contributed by atoms with van der Waals surface area (Å²) in [5, 5.41) is 3.46. The normalized spacial score (nSPS) is 20.9. The first-order valence-electron chi connectivity index (χ1n) is 7.76. The third-order valence-corrected chi connectivity index (χ3v) is 4.57. The lowest BCUT2D eigenvalue weighted by atomic mass is 9.97. The quantitative estimate of drug-likeness (QED) is 0.814. The van der Waals surface area contributed by atoms with Gasteiger partial charge in [-0.2, -0.15) is 0 Å². The van der Waals surface area contributed by atoms with Crippen LogP contribution in [-0.4, -0.2) is 36.1 Å². The van der Waals surface area contributed by atoms with Gasteiger partial charge in [0.05, 0.1) is 7.11 Å². The summed E-state index contributed by atoms with van der Waals surface area (Å²) < 4.78 is 5.00. The average Bonchev–Trinajstić information content (AvgIpc) is 3.19. The Morgan fingerprint density at radius 2 is 1.95 bits per heavy atom. The van der Waals surface area contributed by atoms with E-state index in [1.54, 1.807) is 0 Å². The maximum absolute atomic E-state index is 12.1. The molecule has 1 aliphatic carbocycles. The van der Waals surface area contributed by atoms with E-state index in [0.717, 1.165) is 26.1 Å². The number of nitrogens with zero attached hydrogens (tertiary/aromatic N) is 1. The van der Waals surface area contributed by atoms with Crippen LogP contribution in [0.5, 0.6) is 0 Å². The Kier molecular flexibility index (Phi) is 4.00. The summed E-state index contributed by atoms with van der Waals surface area (Å²) in [5.41, 5.74) is 2.25. The minimum atomic E-state index is -0.565. The van der Waals surface area contributed by atoms with Gasteiger partial charge in [-0.25, -0.2) is 0 Å². The minimum absolute atomic E-state index is 0.147. The van der Waals surface area contributed by atoms with Crippen LogP contribution in [0, 0.1) is 0 Å². The van der Waals surface area contributed by atoms with Gasteiger partial charge in [0, 0.05) is 25.7 Å². The Morgan fingerprint density at radius 3 is 2.48 bits per heavy atom. The lowest BCUT2D eigenvalue weighted by Gasteiger charge is -2.30. The Morgan fingerprint density at radius 1 is 1.33 bits per heavy atom. The molecule has 0 spiro atoms. The Hall–Kier alpha value is -1.39. The van der Waals surface area contributed by atoms with Crippen LogP contribution in [0.25, 0.3) is 0 Å². The molecular weight excluding hydrogens is 264 g/mol. The van der Waals surface area contributed by atoms with Gasteiger partial charge >= 0.3 is 5.97 Å². The largest absolute Gasteiger partial charge is 0.468 e. The molecule has 0 radical (unpaired) electrons. The van der Waals surface area contributed by atoms with Gasteiger partial charge in [-0.3, -0.25) is 15.0 Å². The van der Waals surface area contributed by atoms with Gasteiger partial charge in [-0.1, -0.05) is 24.3 Å². The van der Waals surface area contributed by atoms with Crippen molar-refractivity contribution in [3.63, 3.8) is 0 Å². The Labute approximate surface area is 126 Å². The third-order valence-electron chi connectivity index (χ3n) is 4.57. The van der Waals surface area contributed by atoms with E-state index >= 15 is 0 Å². The summed E-state index contributed by atoms with van der Waals surface area (Å²) >= 11 is 0. The van der Waals surface area contributed by atoms with Crippen molar-refractivity contribution < 1.29 is 9.53 Å². The molecule has 114 valence electrons. The van der Waals surface area contributed by atoms with Crippen molar-refractivity contribution >= 4 is 5.97 Å². The molecule has 4 heteroatoms. The summed E-state index contributed by atoms with van der Waals surface area (Å²) in [4.78, 5) is 14.5. The van der Waals surface area contributed by atoms with E-state index in [1.165, 1.54) is 31.1 Å². The topological polar surface area (TPSA) is 41.6 Å². The van der Waals surface area contributed by atoms with E-state index in [1.807, 2.05) is 6.92 Å². The summed E-state index contributed by atoms with van der Waals surface area (Å²) in [6.45, 7) is 4.84. The number of hydrogen-bond donors (Lipinski definition) is 1. The summed E-state index contributed by atoms with van der Waals surface area (Å²) in [7, 11) is 1.47. The molecule has 2 aliphatic rings. The van der Waals surface area contributed by atoms with E-state index in [4.69, 9.17) is 4.74 Å². The Balaban J connectivity index is 1.59. The highest BCUT2D eigenvalue weighted by atomic mass is 16.5. The van der Waals surface area contributed by atoms with Crippen LogP contribution in [0.1, 0.15) is 37.3 Å². The van der Waals surface area contributed by atoms with Crippen molar-refractivity contribution in [2.45, 2.75) is 50.9 Å². The lowest BCUT2D eigenvalue weighted by molar-refractivity contribution is -0.148. The van der Waals surface area contributed by atoms with Gasteiger partial charge in [-0.05, 0) is 37.3 Å². The van der Waals surface area contributed by atoms with Crippen LogP contribution in [0.3, 0.4) is 0 Å². The first-order chi connectivity index (χ1) is 10.1. The number of methoxy groups -OCH3 is 1. The van der Waals surface area contributed by atoms with Crippen molar-refractivity contribution in [1.82, 2.24) is 10.2 Å². The number of fused-ring (bicyclic) bond motifs is 1. The highest BCUT2D eigenvalue weighted by molar-refractivity contribution is 5.80. The first kappa shape index (κ1) is 14.5. The van der Waals surface area contributed by atoms with Crippen LogP contribution >= 0.6 is 0 Å². The zero-order chi connectivity index (χ0) is 14.9. The van der Waals surface area contributed by atoms with Crippen LogP contribution in [-0.2, 0) is 22.6 Å². The predicted molar refractivity (Wildman–Crippen MR) is 81.8 cm³/mol. The van der Waals surface area contributed by atoms with E-state index in [2.05, 4.69) is 34.5 Å². The molecule has 0 aromatic heterocycles. The maximum Gasteiger partial charge on any atom is 0.325 e. The molecule has 1 aliphatic heterocycles. The molecule has 0 bridgehead atoms. The van der Waals surface area contributed by atoms with E-state index in [-0.39, 0.29) is 5.97 Å². The third kappa shape index (κ3) is 3.27. The molecule has 1 N–H and O–H groups in total. The van der Waals surface area contributed by atoms with Gasteiger partial charge in [0.25, 0.3) is 0 Å². The monoisotopic (exact) mass is 288 g/mol. The number of ether oxygens (including phenoxy) is 1. The smallest absolute Gasteiger partial charge is 0.325 e. The molecule has 0 amide bonds. The average molecular weight is 288 g/mol. The van der Waals surface area contributed by atoms with Gasteiger partial charge < -0.3 is 4.74 Å². The fourth-order valence-electron chi connectivity index (χ4n) is 3.08. The molecule has 4 nitrogen and oxygen atoms in total. The van der Waals surface area contributed by atoms with Gasteiger partial charge in [-0.15, -0.1) is 0 Å². The highest BCUT2D eigenvalue weighted by Crippen LogP contribution is 2.27. The fourth-order valence-corrected chi connectivity index (χ4v) is 3.08. The van der Waals surface area contributed by atoms with E-state index in [9.17, 15) is 4.79 Å². The van der Waals surface area contributed by atoms with Crippen molar-refractivity contribution in [1.29, 1.82) is 0 Å². The minimum Gasteiger partial charge on any atom is -0.468 e. The number of esters is 1. The van der Waals surface area contributed by atoms with E-state index in [0.29, 0.717) is 6.04 Å². The predicted octanol–water partition coefficient (Wildman–Crippen LogP) is 2.08. The number of benzene rings is 1. The summed E-state index contributed by atoms with van der Waals surface area (Å²) in [6, 6.07) is 9.06. The second-order valence-corrected chi connectivity index (χ2v) is 6.47. The van der Waals surface area contributed by atoms with Crippen molar-refractivity contribution in [2.75, 3.05) is 13.7 Å². The molecule has 3 rings (SSSR count). The number of hydrogen-bond acceptors (Lipinski definition) is 4. The number of rotatable bonds is 6. The van der Waals surface area contributed by atoms with Gasteiger partial charge in [0.1, 0.15) is 5.54 Å². The zero-order valence-corrected chi connectivity index (χ0v) is 12.9. The fraction of sp³-hybridized carbons (Fsp3) is 0.588. The SMILES string of the molecule is COC(=O)C(C)(CCN1Cc2ccccc2C1)NC1CC1. The zero-order valence-electron chi connectivity index (χ0n) is 12.9. The van der Waals surface area contributed by atoms with Crippen LogP contribution in [0.2, 0.25) is 0 Å². The Bertz CT molecular complexity index is 502. The van der Waals surface area contributed by atoms with E-state index < -0.39 is 5.54 Å². The number of carbonyl (C=O) groups excluding carboxylic acids is 1.